The quantitative estimate of drug-likeness (QED) is 0.196. The average molecular weight is 480 g/mol. The Morgan fingerprint density at radius 1 is 1.09 bits per heavy atom. The van der Waals surface area contributed by atoms with Gasteiger partial charge in [0, 0.05) is 0 Å². The molecule has 190 valence electrons. The Labute approximate surface area is 200 Å². The number of benzene rings is 1. The number of nitrogens with one attached hydrogen (secondary N) is 1. The van der Waals surface area contributed by atoms with Crippen LogP contribution in [0.5, 0.6) is 5.75 Å². The Morgan fingerprint density at radius 3 is 2.68 bits per heavy atom. The number of carboxylic acid groups (broad SMARTS) is 1. The van der Waals surface area contributed by atoms with Crippen molar-refractivity contribution in [2.24, 2.45) is 17.8 Å². The van der Waals surface area contributed by atoms with Gasteiger partial charge in [-0.2, -0.15) is 0 Å². The molecule has 1 fully saturated rings. The zero-order chi connectivity index (χ0) is 24.3. The molecule has 2 aliphatic carbocycles. The lowest BCUT2D eigenvalue weighted by Crippen LogP contribution is -2.28. The van der Waals surface area contributed by atoms with Crippen LogP contribution in [0.3, 0.4) is 0 Å². The lowest BCUT2D eigenvalue weighted by molar-refractivity contribution is -0.148. The van der Waals surface area contributed by atoms with Crippen LogP contribution >= 0.6 is 0 Å². The summed E-state index contributed by atoms with van der Waals surface area (Å²) in [7, 11) is 1.78. The van der Waals surface area contributed by atoms with E-state index in [0.29, 0.717) is 17.8 Å². The van der Waals surface area contributed by atoms with Gasteiger partial charge in [-0.25, -0.2) is 9.59 Å². The molecule has 0 spiro atoms. The lowest BCUT2D eigenvalue weighted by Gasteiger charge is -2.32. The summed E-state index contributed by atoms with van der Waals surface area (Å²) in [6.45, 7) is 0.192. The molecule has 0 aromatic heterocycles. The number of aliphatic hydroxyl groups excluding tert-OH is 1. The Kier molecular flexibility index (Phi) is 10.6. The maximum absolute atomic E-state index is 12.1. The van der Waals surface area contributed by atoms with Gasteiger partial charge in [-0.1, -0.05) is 12.1 Å². The van der Waals surface area contributed by atoms with Gasteiger partial charge in [0.25, 0.3) is 0 Å². The topological polar surface area (TPSA) is 124 Å². The summed E-state index contributed by atoms with van der Waals surface area (Å²) in [4.78, 5) is 22.4. The number of hydrogen-bond acceptors (Lipinski definition) is 8. The summed E-state index contributed by atoms with van der Waals surface area (Å²) in [5.74, 6) is 1.19. The molecule has 34 heavy (non-hydrogen) atoms. The number of fused-ring (bicyclic) bond motifs is 2. The molecule has 0 amide bonds. The fourth-order valence-electron chi connectivity index (χ4n) is 5.16. The molecule has 3 rings (SSSR count). The first-order valence-corrected chi connectivity index (χ1v) is 12.1. The highest BCUT2D eigenvalue weighted by atomic mass is 16.6. The SMILES string of the molecule is CNC(O)CCC1CCC2Cc3c(cccc3OCC(=O)OCCOCCOCC(=O)O)CC12. The van der Waals surface area contributed by atoms with E-state index < -0.39 is 18.2 Å². The van der Waals surface area contributed by atoms with E-state index in [1.807, 2.05) is 12.1 Å². The van der Waals surface area contributed by atoms with E-state index in [-0.39, 0.29) is 39.6 Å². The van der Waals surface area contributed by atoms with E-state index in [1.165, 1.54) is 24.0 Å². The molecule has 0 aliphatic heterocycles. The number of rotatable bonds is 15. The molecule has 4 unspecified atom stereocenters. The molecule has 2 aliphatic rings. The third-order valence-electron chi connectivity index (χ3n) is 6.85. The predicted molar refractivity (Wildman–Crippen MR) is 124 cm³/mol. The van der Waals surface area contributed by atoms with Gasteiger partial charge in [0.05, 0.1) is 19.8 Å². The summed E-state index contributed by atoms with van der Waals surface area (Å²) in [6, 6.07) is 6.06. The van der Waals surface area contributed by atoms with Gasteiger partial charge in [0.15, 0.2) is 6.61 Å². The highest BCUT2D eigenvalue weighted by Crippen LogP contribution is 2.48. The van der Waals surface area contributed by atoms with Crippen molar-refractivity contribution in [3.05, 3.63) is 29.3 Å². The van der Waals surface area contributed by atoms with Crippen LogP contribution in [-0.2, 0) is 36.6 Å². The zero-order valence-corrected chi connectivity index (χ0v) is 19.9. The summed E-state index contributed by atoms with van der Waals surface area (Å²) < 4.78 is 21.1. The Balaban J connectivity index is 1.39. The van der Waals surface area contributed by atoms with Crippen LogP contribution < -0.4 is 10.1 Å². The van der Waals surface area contributed by atoms with E-state index in [9.17, 15) is 14.7 Å². The maximum atomic E-state index is 12.1. The monoisotopic (exact) mass is 479 g/mol. The van der Waals surface area contributed by atoms with Crippen LogP contribution in [0.1, 0.15) is 36.8 Å². The molecular formula is C25H37NO8. The summed E-state index contributed by atoms with van der Waals surface area (Å²) >= 11 is 0. The Bertz CT molecular complexity index is 801. The van der Waals surface area contributed by atoms with Crippen LogP contribution in [0.2, 0.25) is 0 Å². The molecule has 0 saturated heterocycles. The number of ether oxygens (including phenoxy) is 4. The van der Waals surface area contributed by atoms with Crippen LogP contribution in [-0.4, -0.2) is 75.1 Å². The van der Waals surface area contributed by atoms with Crippen LogP contribution in [0.15, 0.2) is 18.2 Å². The third kappa shape index (κ3) is 7.94. The van der Waals surface area contributed by atoms with E-state index in [2.05, 4.69) is 11.4 Å². The van der Waals surface area contributed by atoms with Gasteiger partial charge in [0.1, 0.15) is 25.2 Å². The number of esters is 1. The number of carbonyl (C=O) groups is 2. The number of hydrogen-bond donors (Lipinski definition) is 3. The summed E-state index contributed by atoms with van der Waals surface area (Å²) in [5, 5.41) is 21.2. The number of carbonyl (C=O) groups excluding carboxylic acids is 1. The lowest BCUT2D eigenvalue weighted by atomic mass is 9.74. The minimum Gasteiger partial charge on any atom is -0.482 e. The molecule has 9 nitrogen and oxygen atoms in total. The molecule has 1 aromatic rings. The molecule has 0 heterocycles. The molecule has 4 atom stereocenters. The fourth-order valence-corrected chi connectivity index (χ4v) is 5.16. The number of aliphatic carboxylic acids is 1. The first kappa shape index (κ1) is 26.4. The minimum absolute atomic E-state index is 0.0986. The molecule has 0 bridgehead atoms. The second kappa shape index (κ2) is 13.6. The van der Waals surface area contributed by atoms with Crippen molar-refractivity contribution in [2.45, 2.75) is 44.8 Å². The summed E-state index contributed by atoms with van der Waals surface area (Å²) in [6.07, 6.45) is 5.78. The van der Waals surface area contributed by atoms with Crippen molar-refractivity contribution >= 4 is 11.9 Å². The number of carboxylic acids is 1. The normalized spacial score (nSPS) is 22.0. The van der Waals surface area contributed by atoms with Gasteiger partial charge in [-0.05, 0) is 80.5 Å². The van der Waals surface area contributed by atoms with Gasteiger partial charge in [-0.3, -0.25) is 5.32 Å². The summed E-state index contributed by atoms with van der Waals surface area (Å²) in [5.41, 5.74) is 2.50. The van der Waals surface area contributed by atoms with Gasteiger partial charge in [-0.15, -0.1) is 0 Å². The molecule has 1 saturated carbocycles. The van der Waals surface area contributed by atoms with Crippen molar-refractivity contribution in [3.8, 4) is 5.75 Å². The van der Waals surface area contributed by atoms with E-state index in [1.54, 1.807) is 7.05 Å². The Morgan fingerprint density at radius 2 is 1.88 bits per heavy atom. The molecule has 9 heteroatoms. The second-order valence-corrected chi connectivity index (χ2v) is 9.01. The smallest absolute Gasteiger partial charge is 0.344 e. The molecule has 0 radical (unpaired) electrons. The predicted octanol–water partition coefficient (Wildman–Crippen LogP) is 1.79. The zero-order valence-electron chi connectivity index (χ0n) is 19.9. The van der Waals surface area contributed by atoms with E-state index in [0.717, 1.165) is 31.4 Å². The van der Waals surface area contributed by atoms with Crippen molar-refractivity contribution in [2.75, 3.05) is 46.7 Å². The standard InChI is InChI=1S/C25H37NO8/c1-26-23(27)8-7-17-5-6-19-14-21-18(13-20(17)19)3-2-4-22(21)34-16-25(30)33-12-11-31-9-10-32-15-24(28)29/h2-4,17,19-20,23,26-27H,5-16H2,1H3,(H,28,29). The van der Waals surface area contributed by atoms with Crippen LogP contribution in [0.25, 0.3) is 0 Å². The fraction of sp³-hybridized carbons (Fsp3) is 0.680. The van der Waals surface area contributed by atoms with Crippen LogP contribution in [0, 0.1) is 17.8 Å². The van der Waals surface area contributed by atoms with Gasteiger partial charge < -0.3 is 29.2 Å². The molecular weight excluding hydrogens is 442 g/mol. The van der Waals surface area contributed by atoms with Crippen molar-refractivity contribution < 1.29 is 38.7 Å². The number of aliphatic hydroxyl groups is 1. The second-order valence-electron chi connectivity index (χ2n) is 9.01. The van der Waals surface area contributed by atoms with Crippen molar-refractivity contribution in [1.29, 1.82) is 0 Å². The average Bonchev–Trinajstić information content (AvgIpc) is 3.22. The van der Waals surface area contributed by atoms with E-state index >= 15 is 0 Å². The highest BCUT2D eigenvalue weighted by molar-refractivity contribution is 5.71. The Hall–Kier alpha value is -2.20. The maximum Gasteiger partial charge on any atom is 0.344 e. The minimum atomic E-state index is -1.03. The first-order chi connectivity index (χ1) is 16.5. The third-order valence-corrected chi connectivity index (χ3v) is 6.85. The van der Waals surface area contributed by atoms with Gasteiger partial charge >= 0.3 is 11.9 Å². The largest absolute Gasteiger partial charge is 0.482 e. The van der Waals surface area contributed by atoms with Crippen molar-refractivity contribution in [1.82, 2.24) is 5.32 Å². The molecule has 1 aromatic carbocycles. The van der Waals surface area contributed by atoms with E-state index in [4.69, 9.17) is 24.1 Å². The highest BCUT2D eigenvalue weighted by Gasteiger charge is 2.39. The van der Waals surface area contributed by atoms with Gasteiger partial charge in [0.2, 0.25) is 0 Å². The molecule has 3 N–H and O–H groups in total. The van der Waals surface area contributed by atoms with Crippen LogP contribution in [0.4, 0.5) is 0 Å². The first-order valence-electron chi connectivity index (χ1n) is 12.1. The van der Waals surface area contributed by atoms with Crippen molar-refractivity contribution in [3.63, 3.8) is 0 Å².